The van der Waals surface area contributed by atoms with Crippen molar-refractivity contribution in [2.24, 2.45) is 0 Å². The number of aromatic amines is 1. The van der Waals surface area contributed by atoms with E-state index in [1.807, 2.05) is 24.3 Å². The molecule has 1 aliphatic rings. The maximum absolute atomic E-state index is 13.2. The molecule has 0 spiro atoms. The second-order valence-corrected chi connectivity index (χ2v) is 10.7. The number of fused-ring (bicyclic) bond motifs is 1. The molecule has 190 valence electrons. The molecule has 4 aromatic rings. The van der Waals surface area contributed by atoms with E-state index in [0.717, 1.165) is 28.9 Å². The van der Waals surface area contributed by atoms with E-state index >= 15 is 0 Å². The number of hydrogen-bond donors (Lipinski definition) is 2. The van der Waals surface area contributed by atoms with Crippen molar-refractivity contribution in [1.29, 1.82) is 5.26 Å². The van der Waals surface area contributed by atoms with E-state index in [9.17, 15) is 26.9 Å². The summed E-state index contributed by atoms with van der Waals surface area (Å²) in [5.74, 6) is 0.320. The van der Waals surface area contributed by atoms with Crippen LogP contribution < -0.4 is 5.32 Å². The fourth-order valence-electron chi connectivity index (χ4n) is 4.34. The Bertz CT molecular complexity index is 1570. The van der Waals surface area contributed by atoms with Crippen LogP contribution in [0.15, 0.2) is 65.7 Å². The Morgan fingerprint density at radius 3 is 2.35 bits per heavy atom. The Morgan fingerprint density at radius 2 is 1.73 bits per heavy atom. The van der Waals surface area contributed by atoms with Crippen LogP contribution >= 0.6 is 0 Å². The van der Waals surface area contributed by atoms with E-state index in [1.165, 1.54) is 10.4 Å². The number of aromatic nitrogens is 3. The SMILES string of the molecule is N#Cc1n[nH]c2ccc(-c3ccc(S(=O)(=O)N4CCC(Nc5ccc(C(F)(F)F)cn5)CC4)cc3)cc12. The molecule has 8 nitrogen and oxygen atoms in total. The lowest BCUT2D eigenvalue weighted by Crippen LogP contribution is -2.42. The van der Waals surface area contributed by atoms with Gasteiger partial charge in [-0.1, -0.05) is 18.2 Å². The van der Waals surface area contributed by atoms with Gasteiger partial charge in [-0.25, -0.2) is 13.4 Å². The zero-order valence-electron chi connectivity index (χ0n) is 19.3. The van der Waals surface area contributed by atoms with Crippen LogP contribution in [0.2, 0.25) is 0 Å². The molecule has 0 aliphatic carbocycles. The minimum absolute atomic E-state index is 0.103. The Balaban J connectivity index is 1.24. The van der Waals surface area contributed by atoms with E-state index in [4.69, 9.17) is 0 Å². The van der Waals surface area contributed by atoms with Crippen molar-refractivity contribution in [3.63, 3.8) is 0 Å². The van der Waals surface area contributed by atoms with Crippen molar-refractivity contribution >= 4 is 26.7 Å². The Labute approximate surface area is 210 Å². The highest BCUT2D eigenvalue weighted by atomic mass is 32.2. The van der Waals surface area contributed by atoms with Crippen molar-refractivity contribution < 1.29 is 21.6 Å². The maximum Gasteiger partial charge on any atom is 0.417 e. The summed E-state index contributed by atoms with van der Waals surface area (Å²) in [6, 6.07) is 16.3. The average Bonchev–Trinajstić information content (AvgIpc) is 3.31. The van der Waals surface area contributed by atoms with Crippen LogP contribution in [0.1, 0.15) is 24.1 Å². The number of nitrogens with one attached hydrogen (secondary N) is 2. The van der Waals surface area contributed by atoms with Gasteiger partial charge in [0.05, 0.1) is 16.0 Å². The molecule has 0 radical (unpaired) electrons. The quantitative estimate of drug-likeness (QED) is 0.387. The second kappa shape index (κ2) is 9.49. The average molecular weight is 527 g/mol. The number of alkyl halides is 3. The van der Waals surface area contributed by atoms with E-state index in [2.05, 4.69) is 20.5 Å². The molecule has 1 fully saturated rings. The van der Waals surface area contributed by atoms with Crippen molar-refractivity contribution in [2.75, 3.05) is 18.4 Å². The molecular formula is C25H21F3N6O2S. The summed E-state index contributed by atoms with van der Waals surface area (Å²) in [5.41, 5.74) is 1.85. The molecule has 2 aromatic heterocycles. The summed E-state index contributed by atoms with van der Waals surface area (Å²) in [6.07, 6.45) is -2.68. The van der Waals surface area contributed by atoms with Crippen LogP contribution in [0.4, 0.5) is 19.0 Å². The van der Waals surface area contributed by atoms with Crippen LogP contribution in [-0.2, 0) is 16.2 Å². The highest BCUT2D eigenvalue weighted by Crippen LogP contribution is 2.30. The van der Waals surface area contributed by atoms with Gasteiger partial charge in [-0.05, 0) is 60.4 Å². The molecule has 2 N–H and O–H groups in total. The van der Waals surface area contributed by atoms with E-state index in [0.29, 0.717) is 29.7 Å². The molecule has 0 saturated carbocycles. The molecule has 0 amide bonds. The lowest BCUT2D eigenvalue weighted by Gasteiger charge is -2.32. The summed E-state index contributed by atoms with van der Waals surface area (Å²) < 4.78 is 66.0. The number of nitrogens with zero attached hydrogens (tertiary/aromatic N) is 4. The van der Waals surface area contributed by atoms with E-state index in [-0.39, 0.29) is 24.0 Å². The molecule has 2 aromatic carbocycles. The normalized spacial score (nSPS) is 15.5. The predicted molar refractivity (Wildman–Crippen MR) is 131 cm³/mol. The van der Waals surface area contributed by atoms with Gasteiger partial charge in [0.25, 0.3) is 0 Å². The summed E-state index contributed by atoms with van der Waals surface area (Å²) in [5, 5.41) is 19.8. The maximum atomic E-state index is 13.2. The first-order valence-corrected chi connectivity index (χ1v) is 12.9. The van der Waals surface area contributed by atoms with Crippen LogP contribution in [0.5, 0.6) is 0 Å². The number of piperidine rings is 1. The van der Waals surface area contributed by atoms with Crippen molar-refractivity contribution in [2.45, 2.75) is 30.0 Å². The van der Waals surface area contributed by atoms with Gasteiger partial charge < -0.3 is 5.32 Å². The monoisotopic (exact) mass is 526 g/mol. The fourth-order valence-corrected chi connectivity index (χ4v) is 5.81. The number of H-pyrrole nitrogens is 1. The lowest BCUT2D eigenvalue weighted by molar-refractivity contribution is -0.137. The third-order valence-corrected chi connectivity index (χ3v) is 8.30. The molecule has 5 rings (SSSR count). The van der Waals surface area contributed by atoms with Gasteiger partial charge in [-0.3, -0.25) is 5.10 Å². The second-order valence-electron chi connectivity index (χ2n) is 8.72. The van der Waals surface area contributed by atoms with Gasteiger partial charge >= 0.3 is 6.18 Å². The van der Waals surface area contributed by atoms with Gasteiger partial charge in [0.15, 0.2) is 5.69 Å². The molecule has 12 heteroatoms. The van der Waals surface area contributed by atoms with Gasteiger partial charge in [0.2, 0.25) is 10.0 Å². The van der Waals surface area contributed by atoms with Crippen molar-refractivity contribution in [1.82, 2.24) is 19.5 Å². The molecule has 1 aliphatic heterocycles. The number of pyridine rings is 1. The number of sulfonamides is 1. The highest BCUT2D eigenvalue weighted by molar-refractivity contribution is 7.89. The van der Waals surface area contributed by atoms with Crippen LogP contribution in [0.25, 0.3) is 22.0 Å². The summed E-state index contributed by atoms with van der Waals surface area (Å²) in [4.78, 5) is 4.00. The minimum Gasteiger partial charge on any atom is -0.367 e. The first-order valence-electron chi connectivity index (χ1n) is 11.4. The van der Waals surface area contributed by atoms with Crippen LogP contribution in [0, 0.1) is 11.3 Å². The molecule has 1 saturated heterocycles. The smallest absolute Gasteiger partial charge is 0.367 e. The van der Waals surface area contributed by atoms with Gasteiger partial charge in [0, 0.05) is 30.7 Å². The first-order chi connectivity index (χ1) is 17.6. The number of halogens is 3. The van der Waals surface area contributed by atoms with Crippen molar-refractivity contribution in [3.05, 3.63) is 72.1 Å². The third-order valence-electron chi connectivity index (χ3n) is 6.39. The van der Waals surface area contributed by atoms with Gasteiger partial charge in [-0.15, -0.1) is 0 Å². The molecule has 0 unspecified atom stereocenters. The van der Waals surface area contributed by atoms with E-state index in [1.54, 1.807) is 24.3 Å². The lowest BCUT2D eigenvalue weighted by atomic mass is 10.0. The largest absolute Gasteiger partial charge is 0.417 e. The third kappa shape index (κ3) is 5.00. The molecule has 37 heavy (non-hydrogen) atoms. The minimum atomic E-state index is -4.45. The topological polar surface area (TPSA) is 115 Å². The number of nitriles is 1. The standard InChI is InChI=1S/C25H21F3N6O2S/c26-25(27,28)18-4-8-24(30-15-18)31-19-9-11-34(12-10-19)37(35,36)20-5-1-16(2-6-20)17-3-7-22-21(13-17)23(14-29)33-32-22/h1-8,13,15,19H,9-12H2,(H,30,31)(H,32,33). The number of rotatable bonds is 5. The summed E-state index contributed by atoms with van der Waals surface area (Å²) in [6.45, 7) is 0.549. The summed E-state index contributed by atoms with van der Waals surface area (Å²) in [7, 11) is -3.71. The first kappa shape index (κ1) is 24.7. The summed E-state index contributed by atoms with van der Waals surface area (Å²) >= 11 is 0. The molecule has 3 heterocycles. The Morgan fingerprint density at radius 1 is 1.03 bits per heavy atom. The Kier molecular flexibility index (Phi) is 6.35. The van der Waals surface area contributed by atoms with Gasteiger partial charge in [-0.2, -0.15) is 27.8 Å². The molecule has 0 atom stereocenters. The number of anilines is 1. The fraction of sp³-hybridized carbons (Fsp3) is 0.240. The van der Waals surface area contributed by atoms with Gasteiger partial charge in [0.1, 0.15) is 11.9 Å². The Hall–Kier alpha value is -3.95. The van der Waals surface area contributed by atoms with Crippen LogP contribution in [-0.4, -0.2) is 47.0 Å². The number of hydrogen-bond acceptors (Lipinski definition) is 6. The zero-order valence-corrected chi connectivity index (χ0v) is 20.1. The van der Waals surface area contributed by atoms with Crippen molar-refractivity contribution in [3.8, 4) is 17.2 Å². The highest BCUT2D eigenvalue weighted by Gasteiger charge is 2.32. The number of benzene rings is 2. The predicted octanol–water partition coefficient (Wildman–Crippen LogP) is 4.78. The molecule has 0 bridgehead atoms. The van der Waals surface area contributed by atoms with E-state index < -0.39 is 21.8 Å². The molecular weight excluding hydrogens is 505 g/mol. The zero-order chi connectivity index (χ0) is 26.2. The van der Waals surface area contributed by atoms with Crippen LogP contribution in [0.3, 0.4) is 0 Å².